The minimum absolute atomic E-state index is 0.0626. The third-order valence-electron chi connectivity index (χ3n) is 3.46. The van der Waals surface area contributed by atoms with Crippen LogP contribution < -0.4 is 5.43 Å². The first kappa shape index (κ1) is 15.7. The van der Waals surface area contributed by atoms with Crippen LogP contribution in [0.2, 0.25) is 0 Å². The maximum absolute atomic E-state index is 13.5. The van der Waals surface area contributed by atoms with Crippen molar-refractivity contribution >= 4 is 16.9 Å². The van der Waals surface area contributed by atoms with E-state index in [0.717, 1.165) is 29.0 Å². The number of nitrogens with zero attached hydrogens (tertiary/aromatic N) is 1. The number of carboxylic acids is 1. The topological polar surface area (TPSA) is 59.3 Å². The maximum Gasteiger partial charge on any atom is 0.341 e. The van der Waals surface area contributed by atoms with Crippen molar-refractivity contribution in [1.82, 2.24) is 4.57 Å². The molecule has 122 valence electrons. The third-order valence-corrected chi connectivity index (χ3v) is 3.46. The second-order valence-corrected chi connectivity index (χ2v) is 4.93. The molecule has 2 aromatic carbocycles. The van der Waals surface area contributed by atoms with Crippen LogP contribution in [0.25, 0.3) is 16.6 Å². The van der Waals surface area contributed by atoms with Crippen LogP contribution in [0, 0.1) is 23.3 Å². The number of rotatable bonds is 2. The normalized spacial score (nSPS) is 11.0. The predicted molar refractivity (Wildman–Crippen MR) is 76.3 cm³/mol. The quantitative estimate of drug-likeness (QED) is 0.731. The monoisotopic (exact) mass is 337 g/mol. The number of aromatic carboxylic acids is 1. The van der Waals surface area contributed by atoms with Gasteiger partial charge in [-0.2, -0.15) is 0 Å². The lowest BCUT2D eigenvalue weighted by molar-refractivity contribution is 0.0695. The average Bonchev–Trinajstić information content (AvgIpc) is 2.52. The summed E-state index contributed by atoms with van der Waals surface area (Å²) in [6, 6.07) is 3.88. The first-order chi connectivity index (χ1) is 11.3. The number of pyridine rings is 1. The molecule has 0 amide bonds. The summed E-state index contributed by atoms with van der Waals surface area (Å²) in [5.41, 5.74) is -1.99. The number of aromatic nitrogens is 1. The Morgan fingerprint density at radius 3 is 2.17 bits per heavy atom. The molecule has 0 bridgehead atoms. The zero-order valence-electron chi connectivity index (χ0n) is 11.7. The van der Waals surface area contributed by atoms with E-state index in [4.69, 9.17) is 5.11 Å². The summed E-state index contributed by atoms with van der Waals surface area (Å²) in [5.74, 6) is -6.57. The van der Waals surface area contributed by atoms with E-state index in [1.165, 1.54) is 0 Å². The van der Waals surface area contributed by atoms with Gasteiger partial charge in [0.25, 0.3) is 0 Å². The van der Waals surface area contributed by atoms with Gasteiger partial charge in [-0.05, 0) is 18.2 Å². The summed E-state index contributed by atoms with van der Waals surface area (Å²) >= 11 is 0. The van der Waals surface area contributed by atoms with Crippen molar-refractivity contribution in [3.8, 4) is 5.69 Å². The summed E-state index contributed by atoms with van der Waals surface area (Å²) in [6.45, 7) is 0. The van der Waals surface area contributed by atoms with Gasteiger partial charge in [0.1, 0.15) is 5.56 Å². The molecule has 0 aliphatic rings. The molecule has 8 heteroatoms. The van der Waals surface area contributed by atoms with Gasteiger partial charge in [-0.1, -0.05) is 0 Å². The number of halogens is 4. The Morgan fingerprint density at radius 1 is 0.917 bits per heavy atom. The Balaban J connectivity index is 2.47. The van der Waals surface area contributed by atoms with Crippen LogP contribution in [0.15, 0.2) is 41.3 Å². The maximum atomic E-state index is 13.5. The van der Waals surface area contributed by atoms with E-state index in [1.54, 1.807) is 0 Å². The van der Waals surface area contributed by atoms with E-state index in [1.807, 2.05) is 0 Å². The van der Waals surface area contributed by atoms with E-state index in [2.05, 4.69) is 0 Å². The number of carbonyl (C=O) groups is 1. The lowest BCUT2D eigenvalue weighted by Gasteiger charge is -2.13. The van der Waals surface area contributed by atoms with Crippen LogP contribution >= 0.6 is 0 Å². The van der Waals surface area contributed by atoms with E-state index >= 15 is 0 Å². The Morgan fingerprint density at radius 2 is 1.54 bits per heavy atom. The lowest BCUT2D eigenvalue weighted by Crippen LogP contribution is -2.19. The molecular formula is C16H7F4NO3. The van der Waals surface area contributed by atoms with Crippen LogP contribution in [0.4, 0.5) is 17.6 Å². The molecule has 1 heterocycles. The van der Waals surface area contributed by atoms with Crippen molar-refractivity contribution in [2.75, 3.05) is 0 Å². The van der Waals surface area contributed by atoms with E-state index in [9.17, 15) is 27.2 Å². The summed E-state index contributed by atoms with van der Waals surface area (Å²) in [6.07, 6.45) is 0.844. The molecule has 3 rings (SSSR count). The number of carboxylic acid groups (broad SMARTS) is 1. The van der Waals surface area contributed by atoms with Crippen molar-refractivity contribution in [2.45, 2.75) is 0 Å². The molecule has 0 atom stereocenters. The molecule has 0 aliphatic heterocycles. The second kappa shape index (κ2) is 5.48. The van der Waals surface area contributed by atoms with Gasteiger partial charge in [-0.15, -0.1) is 0 Å². The van der Waals surface area contributed by atoms with Crippen LogP contribution in [-0.2, 0) is 0 Å². The standard InChI is InChI=1S/C16H7F4NO3/c17-10-2-1-7(3-11(10)18)21-6-9(16(23)24)15(22)8-4-12(19)13(20)5-14(8)21/h1-6H,(H,23,24). The molecule has 4 nitrogen and oxygen atoms in total. The van der Waals surface area contributed by atoms with Crippen molar-refractivity contribution in [3.63, 3.8) is 0 Å². The van der Waals surface area contributed by atoms with Crippen LogP contribution in [0.1, 0.15) is 10.4 Å². The molecule has 1 N–H and O–H groups in total. The fourth-order valence-corrected chi connectivity index (χ4v) is 2.32. The molecule has 0 spiro atoms. The Bertz CT molecular complexity index is 1060. The van der Waals surface area contributed by atoms with E-state index < -0.39 is 45.6 Å². The minimum Gasteiger partial charge on any atom is -0.477 e. The molecule has 24 heavy (non-hydrogen) atoms. The largest absolute Gasteiger partial charge is 0.477 e. The summed E-state index contributed by atoms with van der Waals surface area (Å²) < 4.78 is 54.5. The van der Waals surface area contributed by atoms with Crippen molar-refractivity contribution in [2.24, 2.45) is 0 Å². The zero-order chi connectivity index (χ0) is 17.6. The smallest absolute Gasteiger partial charge is 0.341 e. The molecule has 3 aromatic rings. The van der Waals surface area contributed by atoms with Crippen molar-refractivity contribution in [1.29, 1.82) is 0 Å². The van der Waals surface area contributed by atoms with Crippen molar-refractivity contribution < 1.29 is 27.5 Å². The minimum atomic E-state index is -1.59. The van der Waals surface area contributed by atoms with E-state index in [-0.39, 0.29) is 11.2 Å². The molecule has 0 aliphatic carbocycles. The highest BCUT2D eigenvalue weighted by molar-refractivity contribution is 5.93. The Hall–Kier alpha value is -3.16. The summed E-state index contributed by atoms with van der Waals surface area (Å²) in [7, 11) is 0. The second-order valence-electron chi connectivity index (χ2n) is 4.93. The van der Waals surface area contributed by atoms with Gasteiger partial charge >= 0.3 is 5.97 Å². The first-order valence-corrected chi connectivity index (χ1v) is 6.52. The molecule has 0 unspecified atom stereocenters. The van der Waals surface area contributed by atoms with Gasteiger partial charge in [-0.25, -0.2) is 22.4 Å². The number of fused-ring (bicyclic) bond motifs is 1. The molecule has 0 saturated heterocycles. The fraction of sp³-hybridized carbons (Fsp3) is 0. The molecule has 0 fully saturated rings. The van der Waals surface area contributed by atoms with Crippen LogP contribution in [-0.4, -0.2) is 15.6 Å². The van der Waals surface area contributed by atoms with Gasteiger partial charge in [0.15, 0.2) is 23.3 Å². The van der Waals surface area contributed by atoms with Crippen LogP contribution in [0.5, 0.6) is 0 Å². The molecule has 0 radical (unpaired) electrons. The molecule has 0 saturated carbocycles. The van der Waals surface area contributed by atoms with Gasteiger partial charge in [-0.3, -0.25) is 4.79 Å². The average molecular weight is 337 g/mol. The predicted octanol–water partition coefficient (Wildman–Crippen LogP) is 3.25. The highest BCUT2D eigenvalue weighted by Crippen LogP contribution is 2.22. The zero-order valence-corrected chi connectivity index (χ0v) is 11.7. The third kappa shape index (κ3) is 2.41. The number of hydrogen-bond acceptors (Lipinski definition) is 2. The Labute approximate surface area is 131 Å². The number of hydrogen-bond donors (Lipinski definition) is 1. The Kier molecular flexibility index (Phi) is 3.59. The summed E-state index contributed by atoms with van der Waals surface area (Å²) in [4.78, 5) is 23.3. The SMILES string of the molecule is O=C(O)c1cn(-c2ccc(F)c(F)c2)c2cc(F)c(F)cc2c1=O. The highest BCUT2D eigenvalue weighted by atomic mass is 19.2. The number of benzene rings is 2. The highest BCUT2D eigenvalue weighted by Gasteiger charge is 2.18. The lowest BCUT2D eigenvalue weighted by atomic mass is 10.1. The van der Waals surface area contributed by atoms with Crippen LogP contribution in [0.3, 0.4) is 0 Å². The fourth-order valence-electron chi connectivity index (χ4n) is 2.32. The van der Waals surface area contributed by atoms with Crippen molar-refractivity contribution in [3.05, 3.63) is 75.6 Å². The van der Waals surface area contributed by atoms with Gasteiger partial charge in [0.2, 0.25) is 5.43 Å². The van der Waals surface area contributed by atoms with E-state index in [0.29, 0.717) is 12.1 Å². The summed E-state index contributed by atoms with van der Waals surface area (Å²) in [5, 5.41) is 8.70. The van der Waals surface area contributed by atoms with Gasteiger partial charge in [0.05, 0.1) is 10.9 Å². The van der Waals surface area contributed by atoms with Gasteiger partial charge < -0.3 is 9.67 Å². The molecular weight excluding hydrogens is 330 g/mol. The molecule has 1 aromatic heterocycles. The van der Waals surface area contributed by atoms with Gasteiger partial charge in [0, 0.05) is 24.0 Å². The first-order valence-electron chi connectivity index (χ1n) is 6.52.